The lowest BCUT2D eigenvalue weighted by Gasteiger charge is -2.18. The molecule has 0 aliphatic rings. The van der Waals surface area contributed by atoms with Gasteiger partial charge in [0.25, 0.3) is 0 Å². The number of nitrogens with zero attached hydrogens (tertiary/aromatic N) is 1. The quantitative estimate of drug-likeness (QED) is 0.820. The van der Waals surface area contributed by atoms with Crippen molar-refractivity contribution < 1.29 is 13.9 Å². The standard InChI is InChI=1S/C18H20FNO2/c1-14-6-3-4-9-17(14)22-11-10-20(2)18(21)13-15-7-5-8-16(19)12-15/h3-9,12H,10-11,13H2,1-2H3. The average Bonchev–Trinajstić information content (AvgIpc) is 2.49. The van der Waals surface area contributed by atoms with E-state index in [2.05, 4.69) is 0 Å². The fraction of sp³-hybridized carbons (Fsp3) is 0.278. The Kier molecular flexibility index (Phi) is 5.53. The fourth-order valence-electron chi connectivity index (χ4n) is 2.09. The molecule has 3 nitrogen and oxygen atoms in total. The SMILES string of the molecule is Cc1ccccc1OCCN(C)C(=O)Cc1cccc(F)c1. The summed E-state index contributed by atoms with van der Waals surface area (Å²) in [4.78, 5) is 13.7. The maximum absolute atomic E-state index is 13.1. The summed E-state index contributed by atoms with van der Waals surface area (Å²) in [5, 5.41) is 0. The monoisotopic (exact) mass is 301 g/mol. The Labute approximate surface area is 130 Å². The lowest BCUT2D eigenvalue weighted by molar-refractivity contribution is -0.129. The van der Waals surface area contributed by atoms with Gasteiger partial charge >= 0.3 is 0 Å². The van der Waals surface area contributed by atoms with Crippen molar-refractivity contribution in [2.24, 2.45) is 0 Å². The van der Waals surface area contributed by atoms with E-state index in [0.717, 1.165) is 11.3 Å². The summed E-state index contributed by atoms with van der Waals surface area (Å²) in [6.45, 7) is 2.90. The molecule has 2 aromatic carbocycles. The molecular weight excluding hydrogens is 281 g/mol. The van der Waals surface area contributed by atoms with E-state index in [0.29, 0.717) is 18.7 Å². The minimum atomic E-state index is -0.323. The van der Waals surface area contributed by atoms with E-state index in [1.54, 1.807) is 24.1 Å². The van der Waals surface area contributed by atoms with Crippen LogP contribution in [0.25, 0.3) is 0 Å². The molecule has 2 rings (SSSR count). The van der Waals surface area contributed by atoms with E-state index in [1.807, 2.05) is 31.2 Å². The molecule has 0 heterocycles. The summed E-state index contributed by atoms with van der Waals surface area (Å²) in [7, 11) is 1.73. The van der Waals surface area contributed by atoms with Gasteiger partial charge < -0.3 is 9.64 Å². The number of halogens is 1. The first kappa shape index (κ1) is 16.0. The molecule has 0 fully saturated rings. The normalized spacial score (nSPS) is 10.3. The van der Waals surface area contributed by atoms with Gasteiger partial charge in [0.2, 0.25) is 5.91 Å². The maximum atomic E-state index is 13.1. The van der Waals surface area contributed by atoms with Crippen LogP contribution < -0.4 is 4.74 Å². The summed E-state index contributed by atoms with van der Waals surface area (Å²) in [5.41, 5.74) is 1.74. The van der Waals surface area contributed by atoms with Crippen molar-refractivity contribution in [1.82, 2.24) is 4.90 Å². The molecule has 0 aliphatic heterocycles. The van der Waals surface area contributed by atoms with Gasteiger partial charge in [0.05, 0.1) is 13.0 Å². The van der Waals surface area contributed by atoms with Gasteiger partial charge in [-0.25, -0.2) is 4.39 Å². The Morgan fingerprint density at radius 3 is 2.68 bits per heavy atom. The van der Waals surface area contributed by atoms with Crippen LogP contribution in [-0.2, 0) is 11.2 Å². The second-order valence-corrected chi connectivity index (χ2v) is 5.24. The van der Waals surface area contributed by atoms with Gasteiger partial charge in [0.1, 0.15) is 18.2 Å². The summed E-state index contributed by atoms with van der Waals surface area (Å²) in [5.74, 6) is 0.448. The topological polar surface area (TPSA) is 29.5 Å². The fourth-order valence-corrected chi connectivity index (χ4v) is 2.09. The summed E-state index contributed by atoms with van der Waals surface area (Å²) >= 11 is 0. The van der Waals surface area contributed by atoms with E-state index in [9.17, 15) is 9.18 Å². The van der Waals surface area contributed by atoms with Crippen LogP contribution in [0.1, 0.15) is 11.1 Å². The molecule has 2 aromatic rings. The van der Waals surface area contributed by atoms with Gasteiger partial charge in [-0.1, -0.05) is 30.3 Å². The molecular formula is C18H20FNO2. The van der Waals surface area contributed by atoms with Crippen molar-refractivity contribution in [3.8, 4) is 5.75 Å². The predicted octanol–water partition coefficient (Wildman–Crippen LogP) is 3.21. The minimum Gasteiger partial charge on any atom is -0.491 e. The van der Waals surface area contributed by atoms with E-state index in [-0.39, 0.29) is 18.1 Å². The van der Waals surface area contributed by atoms with Gasteiger partial charge in [-0.05, 0) is 36.2 Å². The van der Waals surface area contributed by atoms with Gasteiger partial charge in [-0.15, -0.1) is 0 Å². The van der Waals surface area contributed by atoms with Gasteiger partial charge in [-0.2, -0.15) is 0 Å². The average molecular weight is 301 g/mol. The van der Waals surface area contributed by atoms with Gasteiger partial charge in [0, 0.05) is 7.05 Å². The number of carbonyl (C=O) groups excluding carboxylic acids is 1. The number of rotatable bonds is 6. The first-order valence-electron chi connectivity index (χ1n) is 7.23. The molecule has 4 heteroatoms. The van der Waals surface area contributed by atoms with Crippen LogP contribution in [0.5, 0.6) is 5.75 Å². The van der Waals surface area contributed by atoms with Crippen LogP contribution in [0.15, 0.2) is 48.5 Å². The highest BCUT2D eigenvalue weighted by molar-refractivity contribution is 5.78. The lowest BCUT2D eigenvalue weighted by atomic mass is 10.1. The maximum Gasteiger partial charge on any atom is 0.226 e. The largest absolute Gasteiger partial charge is 0.491 e. The van der Waals surface area contributed by atoms with E-state index < -0.39 is 0 Å². The Bertz CT molecular complexity index is 642. The number of aryl methyl sites for hydroxylation is 1. The van der Waals surface area contributed by atoms with E-state index in [1.165, 1.54) is 12.1 Å². The predicted molar refractivity (Wildman–Crippen MR) is 84.4 cm³/mol. The number of benzene rings is 2. The molecule has 0 aromatic heterocycles. The molecule has 1 amide bonds. The number of carbonyl (C=O) groups is 1. The third-order valence-corrected chi connectivity index (χ3v) is 3.45. The van der Waals surface area contributed by atoms with Gasteiger partial charge in [-0.3, -0.25) is 4.79 Å². The highest BCUT2D eigenvalue weighted by Crippen LogP contribution is 2.15. The number of hydrogen-bond donors (Lipinski definition) is 0. The molecule has 116 valence electrons. The third kappa shape index (κ3) is 4.58. The highest BCUT2D eigenvalue weighted by atomic mass is 19.1. The first-order valence-corrected chi connectivity index (χ1v) is 7.23. The zero-order valence-corrected chi connectivity index (χ0v) is 12.9. The highest BCUT2D eigenvalue weighted by Gasteiger charge is 2.10. The molecule has 0 bridgehead atoms. The molecule has 0 unspecified atom stereocenters. The number of hydrogen-bond acceptors (Lipinski definition) is 2. The van der Waals surface area contributed by atoms with Gasteiger partial charge in [0.15, 0.2) is 0 Å². The summed E-state index contributed by atoms with van der Waals surface area (Å²) in [6.07, 6.45) is 0.193. The second-order valence-electron chi connectivity index (χ2n) is 5.24. The molecule has 0 aliphatic carbocycles. The van der Waals surface area contributed by atoms with Crippen molar-refractivity contribution in [3.05, 3.63) is 65.5 Å². The molecule has 0 spiro atoms. The first-order chi connectivity index (χ1) is 10.6. The third-order valence-electron chi connectivity index (χ3n) is 3.45. The van der Waals surface area contributed by atoms with Crippen molar-refractivity contribution >= 4 is 5.91 Å². The van der Waals surface area contributed by atoms with Crippen LogP contribution in [0.4, 0.5) is 4.39 Å². The molecule has 0 atom stereocenters. The molecule has 0 N–H and O–H groups in total. The molecule has 22 heavy (non-hydrogen) atoms. The van der Waals surface area contributed by atoms with E-state index >= 15 is 0 Å². The Morgan fingerprint density at radius 1 is 1.18 bits per heavy atom. The number of amides is 1. The van der Waals surface area contributed by atoms with Crippen molar-refractivity contribution in [3.63, 3.8) is 0 Å². The van der Waals surface area contributed by atoms with Crippen LogP contribution in [0.2, 0.25) is 0 Å². The van der Waals surface area contributed by atoms with Crippen LogP contribution in [-0.4, -0.2) is 31.0 Å². The van der Waals surface area contributed by atoms with E-state index in [4.69, 9.17) is 4.74 Å². The molecule has 0 saturated heterocycles. The summed E-state index contributed by atoms with van der Waals surface area (Å²) < 4.78 is 18.8. The van der Waals surface area contributed by atoms with Crippen LogP contribution in [0, 0.1) is 12.7 Å². The zero-order chi connectivity index (χ0) is 15.9. The van der Waals surface area contributed by atoms with Crippen molar-refractivity contribution in [1.29, 1.82) is 0 Å². The Hall–Kier alpha value is -2.36. The van der Waals surface area contributed by atoms with Crippen LogP contribution in [0.3, 0.4) is 0 Å². The smallest absolute Gasteiger partial charge is 0.226 e. The number of para-hydroxylation sites is 1. The Morgan fingerprint density at radius 2 is 1.95 bits per heavy atom. The Balaban J connectivity index is 1.80. The minimum absolute atomic E-state index is 0.0565. The van der Waals surface area contributed by atoms with Crippen molar-refractivity contribution in [2.75, 3.05) is 20.2 Å². The molecule has 0 saturated carbocycles. The summed E-state index contributed by atoms with van der Waals surface area (Å²) in [6, 6.07) is 13.9. The number of ether oxygens (including phenoxy) is 1. The zero-order valence-electron chi connectivity index (χ0n) is 12.9. The van der Waals surface area contributed by atoms with Crippen molar-refractivity contribution in [2.45, 2.75) is 13.3 Å². The lowest BCUT2D eigenvalue weighted by Crippen LogP contribution is -2.32. The number of likely N-dealkylation sites (N-methyl/N-ethyl adjacent to an activating group) is 1. The second kappa shape index (κ2) is 7.59. The van der Waals surface area contributed by atoms with Crippen LogP contribution >= 0.6 is 0 Å². The molecule has 0 radical (unpaired) electrons.